The van der Waals surface area contributed by atoms with Crippen molar-refractivity contribution in [3.63, 3.8) is 0 Å². The summed E-state index contributed by atoms with van der Waals surface area (Å²) in [5, 5.41) is 2.94. The minimum atomic E-state index is -0.0868. The molecule has 0 aromatic heterocycles. The molecular weight excluding hydrogens is 388 g/mol. The second kappa shape index (κ2) is 8.99. The van der Waals surface area contributed by atoms with E-state index in [0.29, 0.717) is 17.2 Å². The van der Waals surface area contributed by atoms with Crippen molar-refractivity contribution in [3.8, 4) is 11.5 Å². The SMILES string of the molecule is O=C(CSC1=Nc2ccccc2CS1)Nc1ccccc1Oc1ccccc1. The van der Waals surface area contributed by atoms with Gasteiger partial charge in [0.25, 0.3) is 0 Å². The monoisotopic (exact) mass is 406 g/mol. The largest absolute Gasteiger partial charge is 0.455 e. The number of fused-ring (bicyclic) bond motifs is 1. The highest BCUT2D eigenvalue weighted by Gasteiger charge is 2.15. The minimum absolute atomic E-state index is 0.0868. The molecule has 0 radical (unpaired) electrons. The Kier molecular flexibility index (Phi) is 5.99. The number of anilines is 1. The van der Waals surface area contributed by atoms with Gasteiger partial charge in [0.15, 0.2) is 5.75 Å². The van der Waals surface area contributed by atoms with E-state index in [-0.39, 0.29) is 5.91 Å². The Morgan fingerprint density at radius 1 is 1.00 bits per heavy atom. The molecule has 1 aliphatic heterocycles. The third kappa shape index (κ3) is 4.77. The zero-order valence-corrected chi connectivity index (χ0v) is 16.6. The molecule has 0 fully saturated rings. The van der Waals surface area contributed by atoms with Crippen LogP contribution in [0.2, 0.25) is 0 Å². The summed E-state index contributed by atoms with van der Waals surface area (Å²) in [6.07, 6.45) is 0. The van der Waals surface area contributed by atoms with Crippen LogP contribution in [-0.2, 0) is 10.5 Å². The van der Waals surface area contributed by atoms with E-state index in [1.54, 1.807) is 11.8 Å². The van der Waals surface area contributed by atoms with E-state index in [1.807, 2.05) is 72.8 Å². The molecule has 0 saturated heterocycles. The number of carbonyl (C=O) groups is 1. The first-order chi connectivity index (χ1) is 13.8. The first-order valence-electron chi connectivity index (χ1n) is 8.82. The van der Waals surface area contributed by atoms with E-state index < -0.39 is 0 Å². The molecule has 3 aromatic carbocycles. The fourth-order valence-corrected chi connectivity index (χ4v) is 4.54. The number of ether oxygens (including phenoxy) is 1. The number of thioether (sulfide) groups is 2. The standard InChI is InChI=1S/C22H18N2O2S2/c25-21(15-28-22-24-18-11-5-4-8-16(18)14-27-22)23-19-12-6-7-13-20(19)26-17-9-2-1-3-10-17/h1-13H,14-15H2,(H,23,25). The highest BCUT2D eigenvalue weighted by Crippen LogP contribution is 2.34. The minimum Gasteiger partial charge on any atom is -0.455 e. The molecule has 1 N–H and O–H groups in total. The third-order valence-electron chi connectivity index (χ3n) is 4.01. The van der Waals surface area contributed by atoms with E-state index in [1.165, 1.54) is 17.3 Å². The smallest absolute Gasteiger partial charge is 0.234 e. The van der Waals surface area contributed by atoms with Gasteiger partial charge in [0.05, 0.1) is 17.1 Å². The molecular formula is C22H18N2O2S2. The maximum absolute atomic E-state index is 12.5. The van der Waals surface area contributed by atoms with Crippen LogP contribution in [0.4, 0.5) is 11.4 Å². The highest BCUT2D eigenvalue weighted by atomic mass is 32.2. The Morgan fingerprint density at radius 3 is 2.64 bits per heavy atom. The van der Waals surface area contributed by atoms with Crippen molar-refractivity contribution < 1.29 is 9.53 Å². The molecule has 4 rings (SSSR count). The van der Waals surface area contributed by atoms with Crippen molar-refractivity contribution in [1.82, 2.24) is 0 Å². The normalized spacial score (nSPS) is 12.6. The molecule has 0 saturated carbocycles. The summed E-state index contributed by atoms with van der Waals surface area (Å²) in [5.74, 6) is 2.44. The Bertz CT molecular complexity index is 1010. The highest BCUT2D eigenvalue weighted by molar-refractivity contribution is 8.38. The molecule has 0 bridgehead atoms. The van der Waals surface area contributed by atoms with Crippen LogP contribution >= 0.6 is 23.5 Å². The molecule has 0 atom stereocenters. The average Bonchev–Trinajstić information content (AvgIpc) is 2.74. The lowest BCUT2D eigenvalue weighted by atomic mass is 10.2. The van der Waals surface area contributed by atoms with E-state index in [0.717, 1.165) is 21.6 Å². The first kappa shape index (κ1) is 18.7. The maximum Gasteiger partial charge on any atom is 0.234 e. The summed E-state index contributed by atoms with van der Waals surface area (Å²) in [7, 11) is 0. The molecule has 4 nitrogen and oxygen atoms in total. The molecule has 28 heavy (non-hydrogen) atoms. The Hall–Kier alpha value is -2.70. The summed E-state index contributed by atoms with van der Waals surface area (Å²) in [6.45, 7) is 0. The van der Waals surface area contributed by atoms with Gasteiger partial charge in [0, 0.05) is 5.75 Å². The molecule has 0 aliphatic carbocycles. The predicted molar refractivity (Wildman–Crippen MR) is 119 cm³/mol. The molecule has 1 amide bonds. The summed E-state index contributed by atoms with van der Waals surface area (Å²) in [4.78, 5) is 17.1. The van der Waals surface area contributed by atoms with E-state index in [9.17, 15) is 4.79 Å². The van der Waals surface area contributed by atoms with Gasteiger partial charge in [-0.2, -0.15) is 0 Å². The van der Waals surface area contributed by atoms with Crippen molar-refractivity contribution in [2.45, 2.75) is 5.75 Å². The van der Waals surface area contributed by atoms with Gasteiger partial charge in [-0.25, -0.2) is 4.99 Å². The van der Waals surface area contributed by atoms with Crippen molar-refractivity contribution in [3.05, 3.63) is 84.4 Å². The number of rotatable bonds is 5. The van der Waals surface area contributed by atoms with Gasteiger partial charge >= 0.3 is 0 Å². The van der Waals surface area contributed by atoms with Crippen LogP contribution in [0.15, 0.2) is 83.9 Å². The number of nitrogens with zero attached hydrogens (tertiary/aromatic N) is 1. The predicted octanol–water partition coefficient (Wildman–Crippen LogP) is 6.09. The van der Waals surface area contributed by atoms with Gasteiger partial charge in [-0.1, -0.05) is 72.1 Å². The number of amides is 1. The van der Waals surface area contributed by atoms with Gasteiger partial charge in [0.1, 0.15) is 10.1 Å². The summed E-state index contributed by atoms with van der Waals surface area (Å²) >= 11 is 3.13. The summed E-state index contributed by atoms with van der Waals surface area (Å²) in [6, 6.07) is 25.0. The van der Waals surface area contributed by atoms with E-state index >= 15 is 0 Å². The fraction of sp³-hybridized carbons (Fsp3) is 0.0909. The lowest BCUT2D eigenvalue weighted by Crippen LogP contribution is -2.15. The number of para-hydroxylation sites is 4. The summed E-state index contributed by atoms with van der Waals surface area (Å²) in [5.41, 5.74) is 2.87. The van der Waals surface area contributed by atoms with Crippen molar-refractivity contribution in [2.75, 3.05) is 11.1 Å². The average molecular weight is 407 g/mol. The van der Waals surface area contributed by atoms with Crippen LogP contribution in [0.1, 0.15) is 5.56 Å². The second-order valence-corrected chi connectivity index (χ2v) is 8.23. The number of aliphatic imine (C=N–C) groups is 1. The number of hydrogen-bond acceptors (Lipinski definition) is 5. The van der Waals surface area contributed by atoms with E-state index in [2.05, 4.69) is 16.4 Å². The van der Waals surface area contributed by atoms with E-state index in [4.69, 9.17) is 4.74 Å². The second-order valence-electron chi connectivity index (χ2n) is 6.04. The lowest BCUT2D eigenvalue weighted by Gasteiger charge is -2.15. The van der Waals surface area contributed by atoms with Gasteiger partial charge in [-0.15, -0.1) is 0 Å². The quantitative estimate of drug-likeness (QED) is 0.557. The molecule has 1 aliphatic rings. The third-order valence-corrected chi connectivity index (χ3v) is 6.26. The van der Waals surface area contributed by atoms with Crippen molar-refractivity contribution >= 4 is 45.2 Å². The van der Waals surface area contributed by atoms with Crippen molar-refractivity contribution in [2.24, 2.45) is 4.99 Å². The Balaban J connectivity index is 1.38. The number of nitrogens with one attached hydrogen (secondary N) is 1. The van der Waals surface area contributed by atoms with Gasteiger partial charge in [-0.3, -0.25) is 4.79 Å². The zero-order valence-electron chi connectivity index (χ0n) is 15.0. The Morgan fingerprint density at radius 2 is 1.75 bits per heavy atom. The number of carbonyl (C=O) groups excluding carboxylic acids is 1. The topological polar surface area (TPSA) is 50.7 Å². The van der Waals surface area contributed by atoms with Crippen LogP contribution in [0.5, 0.6) is 11.5 Å². The van der Waals surface area contributed by atoms with Crippen LogP contribution < -0.4 is 10.1 Å². The van der Waals surface area contributed by atoms with Crippen LogP contribution in [0, 0.1) is 0 Å². The molecule has 0 unspecified atom stereocenters. The maximum atomic E-state index is 12.5. The summed E-state index contributed by atoms with van der Waals surface area (Å²) < 4.78 is 6.81. The molecule has 1 heterocycles. The van der Waals surface area contributed by atoms with Gasteiger partial charge < -0.3 is 10.1 Å². The van der Waals surface area contributed by atoms with Crippen LogP contribution in [-0.4, -0.2) is 16.0 Å². The molecule has 140 valence electrons. The fourth-order valence-electron chi connectivity index (χ4n) is 2.67. The molecule has 3 aromatic rings. The number of hydrogen-bond donors (Lipinski definition) is 1. The van der Waals surface area contributed by atoms with Crippen LogP contribution in [0.3, 0.4) is 0 Å². The Labute approximate surface area is 172 Å². The number of benzene rings is 3. The van der Waals surface area contributed by atoms with Gasteiger partial charge in [0.2, 0.25) is 5.91 Å². The van der Waals surface area contributed by atoms with Crippen molar-refractivity contribution in [1.29, 1.82) is 0 Å². The molecule has 0 spiro atoms. The van der Waals surface area contributed by atoms with Crippen LogP contribution in [0.25, 0.3) is 0 Å². The first-order valence-corrected chi connectivity index (χ1v) is 10.8. The zero-order chi connectivity index (χ0) is 19.2. The molecule has 6 heteroatoms. The van der Waals surface area contributed by atoms with Gasteiger partial charge in [-0.05, 0) is 35.9 Å². The lowest BCUT2D eigenvalue weighted by molar-refractivity contribution is -0.113.